The first-order chi connectivity index (χ1) is 13.3. The number of fused-ring (bicyclic) bond motifs is 4. The number of benzene rings is 2. The van der Waals surface area contributed by atoms with Gasteiger partial charge in [0.05, 0.1) is 16.6 Å². The number of hydrogen-bond acceptors (Lipinski definition) is 3. The number of aryl methyl sites for hydroxylation is 1. The third-order valence-corrected chi connectivity index (χ3v) is 5.46. The van der Waals surface area contributed by atoms with E-state index in [2.05, 4.69) is 53.0 Å². The fourth-order valence-electron chi connectivity index (χ4n) is 4.24. The Hall–Kier alpha value is -3.32. The van der Waals surface area contributed by atoms with Gasteiger partial charge in [0.15, 0.2) is 5.65 Å². The van der Waals surface area contributed by atoms with E-state index in [9.17, 15) is 5.26 Å². The summed E-state index contributed by atoms with van der Waals surface area (Å²) in [6, 6.07) is 19.0. The predicted molar refractivity (Wildman–Crippen MR) is 109 cm³/mol. The molecule has 4 aromatic rings. The summed E-state index contributed by atoms with van der Waals surface area (Å²) in [6.07, 6.45) is 4.21. The van der Waals surface area contributed by atoms with Crippen LogP contribution in [0, 0.1) is 18.3 Å². The number of hydrogen-bond donors (Lipinski definition) is 1. The molecule has 0 saturated heterocycles. The van der Waals surface area contributed by atoms with Gasteiger partial charge < -0.3 is 5.32 Å². The van der Waals surface area contributed by atoms with Crippen LogP contribution >= 0.6 is 0 Å². The predicted octanol–water partition coefficient (Wildman–Crippen LogP) is 5.29. The summed E-state index contributed by atoms with van der Waals surface area (Å²) in [5.74, 6) is 1.05. The Labute approximate surface area is 158 Å². The lowest BCUT2D eigenvalue weighted by molar-refractivity contribution is 0.682. The Morgan fingerprint density at radius 2 is 1.85 bits per heavy atom. The lowest BCUT2D eigenvalue weighted by Crippen LogP contribution is -2.13. The van der Waals surface area contributed by atoms with Gasteiger partial charge in [-0.25, -0.2) is 4.98 Å². The molecular weight excluding hydrogens is 332 g/mol. The summed E-state index contributed by atoms with van der Waals surface area (Å²) in [6.45, 7) is 2.10. The average Bonchev–Trinajstić information content (AvgIpc) is 3.07. The number of para-hydroxylation sites is 2. The summed E-state index contributed by atoms with van der Waals surface area (Å²) in [5, 5.41) is 13.6. The molecule has 5 rings (SSSR count). The molecule has 0 fully saturated rings. The Balaban J connectivity index is 1.88. The van der Waals surface area contributed by atoms with Gasteiger partial charge in [0.1, 0.15) is 11.9 Å². The van der Waals surface area contributed by atoms with Crippen LogP contribution < -0.4 is 5.32 Å². The highest BCUT2D eigenvalue weighted by Gasteiger charge is 2.24. The van der Waals surface area contributed by atoms with E-state index in [0.717, 1.165) is 59.4 Å². The van der Waals surface area contributed by atoms with Gasteiger partial charge in [-0.15, -0.1) is 0 Å². The maximum Gasteiger partial charge on any atom is 0.157 e. The second kappa shape index (κ2) is 6.14. The topological polar surface area (TPSA) is 53.1 Å². The van der Waals surface area contributed by atoms with E-state index in [4.69, 9.17) is 4.98 Å². The van der Waals surface area contributed by atoms with Crippen molar-refractivity contribution in [2.24, 2.45) is 0 Å². The van der Waals surface area contributed by atoms with Crippen LogP contribution in [0.25, 0.3) is 16.7 Å². The Morgan fingerprint density at radius 1 is 1.04 bits per heavy atom. The van der Waals surface area contributed by atoms with Gasteiger partial charge in [-0.1, -0.05) is 24.3 Å². The normalized spacial score (nSPS) is 13.5. The van der Waals surface area contributed by atoms with E-state index in [0.29, 0.717) is 0 Å². The van der Waals surface area contributed by atoms with Crippen LogP contribution in [0.4, 0.5) is 11.5 Å². The number of anilines is 2. The van der Waals surface area contributed by atoms with Crippen LogP contribution in [-0.4, -0.2) is 9.38 Å². The Morgan fingerprint density at radius 3 is 2.67 bits per heavy atom. The molecule has 0 atom stereocenters. The smallest absolute Gasteiger partial charge is 0.157 e. The van der Waals surface area contributed by atoms with Crippen molar-refractivity contribution in [3.63, 3.8) is 0 Å². The second-order valence-corrected chi connectivity index (χ2v) is 7.25. The van der Waals surface area contributed by atoms with Crippen molar-refractivity contribution in [3.8, 4) is 6.07 Å². The van der Waals surface area contributed by atoms with E-state index in [1.165, 1.54) is 16.7 Å². The summed E-state index contributed by atoms with van der Waals surface area (Å²) in [5.41, 5.74) is 8.15. The highest BCUT2D eigenvalue weighted by atomic mass is 15.1. The number of pyridine rings is 1. The number of imidazole rings is 1. The molecule has 1 aliphatic rings. The van der Waals surface area contributed by atoms with Crippen molar-refractivity contribution >= 4 is 28.2 Å². The number of aromatic nitrogens is 2. The van der Waals surface area contributed by atoms with Crippen molar-refractivity contribution in [2.75, 3.05) is 5.32 Å². The zero-order chi connectivity index (χ0) is 18.4. The molecule has 0 saturated carbocycles. The van der Waals surface area contributed by atoms with E-state index in [1.54, 1.807) is 0 Å². The first kappa shape index (κ1) is 15.9. The van der Waals surface area contributed by atoms with Crippen molar-refractivity contribution in [2.45, 2.75) is 32.6 Å². The molecule has 0 bridgehead atoms. The minimum atomic E-state index is 0.732. The lowest BCUT2D eigenvalue weighted by Gasteiger charge is -2.23. The lowest BCUT2D eigenvalue weighted by atomic mass is 9.89. The zero-order valence-corrected chi connectivity index (χ0v) is 15.3. The van der Waals surface area contributed by atoms with Gasteiger partial charge in [0.25, 0.3) is 0 Å². The molecule has 132 valence electrons. The quantitative estimate of drug-likeness (QED) is 0.533. The van der Waals surface area contributed by atoms with Gasteiger partial charge in [-0.3, -0.25) is 4.40 Å². The molecule has 4 nitrogen and oxygen atoms in total. The molecule has 2 heterocycles. The number of nitrogens with zero attached hydrogens (tertiary/aromatic N) is 3. The number of nitriles is 1. The molecule has 27 heavy (non-hydrogen) atoms. The van der Waals surface area contributed by atoms with Crippen molar-refractivity contribution in [1.82, 2.24) is 9.38 Å². The Bertz CT molecular complexity index is 1230. The second-order valence-electron chi connectivity index (χ2n) is 7.25. The highest BCUT2D eigenvalue weighted by Crippen LogP contribution is 2.36. The van der Waals surface area contributed by atoms with Gasteiger partial charge in [-0.05, 0) is 73.6 Å². The zero-order valence-electron chi connectivity index (χ0n) is 15.3. The number of rotatable bonds is 2. The molecule has 0 radical (unpaired) electrons. The van der Waals surface area contributed by atoms with Crippen LogP contribution in [0.2, 0.25) is 0 Å². The molecule has 0 unspecified atom stereocenters. The molecule has 0 amide bonds. The average molecular weight is 352 g/mol. The molecule has 0 aliphatic heterocycles. The maximum atomic E-state index is 9.91. The Kier molecular flexibility index (Phi) is 3.61. The van der Waals surface area contributed by atoms with Crippen LogP contribution in [0.1, 0.15) is 35.1 Å². The molecule has 1 N–H and O–H groups in total. The van der Waals surface area contributed by atoms with Crippen LogP contribution in [0.5, 0.6) is 0 Å². The van der Waals surface area contributed by atoms with E-state index in [-0.39, 0.29) is 0 Å². The minimum absolute atomic E-state index is 0.732. The van der Waals surface area contributed by atoms with Crippen LogP contribution in [0.15, 0.2) is 48.5 Å². The van der Waals surface area contributed by atoms with Gasteiger partial charge in [0.2, 0.25) is 0 Å². The molecular formula is C23H20N4. The largest absolute Gasteiger partial charge is 0.341 e. The van der Waals surface area contributed by atoms with Gasteiger partial charge >= 0.3 is 0 Å². The third-order valence-electron chi connectivity index (χ3n) is 5.46. The molecule has 0 spiro atoms. The monoisotopic (exact) mass is 352 g/mol. The molecule has 4 heteroatoms. The van der Waals surface area contributed by atoms with Crippen molar-refractivity contribution in [1.29, 1.82) is 5.26 Å². The molecule has 2 aromatic carbocycles. The fraction of sp³-hybridized carbons (Fsp3) is 0.217. The van der Waals surface area contributed by atoms with E-state index < -0.39 is 0 Å². The van der Waals surface area contributed by atoms with Gasteiger partial charge in [0, 0.05) is 5.69 Å². The molecule has 2 aromatic heterocycles. The van der Waals surface area contributed by atoms with Crippen LogP contribution in [-0.2, 0) is 12.8 Å². The summed E-state index contributed by atoms with van der Waals surface area (Å²) >= 11 is 0. The van der Waals surface area contributed by atoms with Crippen molar-refractivity contribution in [3.05, 3.63) is 70.8 Å². The van der Waals surface area contributed by atoms with Crippen LogP contribution in [0.3, 0.4) is 0 Å². The van der Waals surface area contributed by atoms with E-state index in [1.807, 2.05) is 18.2 Å². The summed E-state index contributed by atoms with van der Waals surface area (Å²) in [7, 11) is 0. The van der Waals surface area contributed by atoms with Gasteiger partial charge in [-0.2, -0.15) is 5.26 Å². The minimum Gasteiger partial charge on any atom is -0.341 e. The van der Waals surface area contributed by atoms with Crippen molar-refractivity contribution < 1.29 is 0 Å². The van der Waals surface area contributed by atoms with E-state index >= 15 is 0 Å². The third kappa shape index (κ3) is 2.47. The maximum absolute atomic E-state index is 9.91. The first-order valence-corrected chi connectivity index (χ1v) is 9.45. The summed E-state index contributed by atoms with van der Waals surface area (Å²) in [4.78, 5) is 4.81. The highest BCUT2D eigenvalue weighted by molar-refractivity contribution is 5.87. The first-order valence-electron chi connectivity index (χ1n) is 9.45. The number of nitrogens with one attached hydrogen (secondary N) is 1. The standard InChI is InChI=1S/C23H20N4/c1-15-7-6-8-16(13-15)25-22-18-10-3-2-9-17(18)19(14-24)23-26-20-11-4-5-12-21(20)27(22)23/h4-8,11-13,25H,2-3,9-10H2,1H3. The fourth-order valence-corrected chi connectivity index (χ4v) is 4.24. The SMILES string of the molecule is Cc1cccc(Nc2c3c(c(C#N)c4nc5ccccc5n24)CCCC3)c1. The summed E-state index contributed by atoms with van der Waals surface area (Å²) < 4.78 is 2.14. The molecule has 1 aliphatic carbocycles.